The number of aromatic nitrogens is 4. The van der Waals surface area contributed by atoms with Gasteiger partial charge in [-0.1, -0.05) is 6.92 Å². The number of carbonyl (C=O) groups excluding carboxylic acids is 3. The number of nitrogens with two attached hydrogens (primary N) is 1. The Bertz CT molecular complexity index is 1880. The van der Waals surface area contributed by atoms with Gasteiger partial charge in [-0.25, -0.2) is 18.6 Å². The van der Waals surface area contributed by atoms with Crippen molar-refractivity contribution in [1.29, 1.82) is 0 Å². The largest absolute Gasteiger partial charge is 0.491 e. The zero-order valence-electron chi connectivity index (χ0n) is 25.1. The second-order valence-corrected chi connectivity index (χ2v) is 11.7. The van der Waals surface area contributed by atoms with Gasteiger partial charge in [0.25, 0.3) is 0 Å². The van der Waals surface area contributed by atoms with Crippen LogP contribution in [0.2, 0.25) is 0 Å². The van der Waals surface area contributed by atoms with Crippen LogP contribution >= 0.6 is 0 Å². The van der Waals surface area contributed by atoms with Gasteiger partial charge in [-0.15, -0.1) is 0 Å². The minimum atomic E-state index is -5.30. The van der Waals surface area contributed by atoms with Gasteiger partial charge in [-0.3, -0.25) is 19.6 Å². The van der Waals surface area contributed by atoms with Gasteiger partial charge in [-0.2, -0.15) is 18.3 Å². The average Bonchev–Trinajstić information content (AvgIpc) is 3.65. The lowest BCUT2D eigenvalue weighted by Gasteiger charge is -2.33. The Kier molecular flexibility index (Phi) is 8.46. The first-order valence-corrected chi connectivity index (χ1v) is 15.0. The summed E-state index contributed by atoms with van der Waals surface area (Å²) in [7, 11) is 0. The van der Waals surface area contributed by atoms with Gasteiger partial charge in [-0.05, 0) is 73.3 Å². The van der Waals surface area contributed by atoms with Crippen LogP contribution in [0.3, 0.4) is 0 Å². The molecule has 0 unspecified atom stereocenters. The molecule has 11 nitrogen and oxygen atoms in total. The fraction of sp³-hybridized carbons (Fsp3) is 0.387. The number of alkyl halides is 3. The Labute approximate surface area is 264 Å². The van der Waals surface area contributed by atoms with E-state index in [1.54, 1.807) is 11.8 Å². The van der Waals surface area contributed by atoms with Gasteiger partial charge in [0.15, 0.2) is 17.4 Å². The van der Waals surface area contributed by atoms with Crippen LogP contribution in [-0.2, 0) is 33.8 Å². The number of amides is 2. The molecule has 1 fully saturated rings. The maximum atomic E-state index is 15.7. The highest BCUT2D eigenvalue weighted by Crippen LogP contribution is 2.36. The number of hydrogen-bond acceptors (Lipinski definition) is 7. The lowest BCUT2D eigenvalue weighted by Crippen LogP contribution is -2.46. The minimum absolute atomic E-state index is 0.0593. The van der Waals surface area contributed by atoms with Crippen molar-refractivity contribution < 1.29 is 41.1 Å². The predicted octanol–water partition coefficient (Wildman–Crippen LogP) is 4.01. The van der Waals surface area contributed by atoms with Crippen LogP contribution < -0.4 is 10.5 Å². The van der Waals surface area contributed by atoms with Gasteiger partial charge < -0.3 is 20.4 Å². The lowest BCUT2D eigenvalue weighted by atomic mass is 9.96. The van der Waals surface area contributed by atoms with E-state index in [0.717, 1.165) is 23.9 Å². The summed E-state index contributed by atoms with van der Waals surface area (Å²) in [6, 6.07) is 4.57. The van der Waals surface area contributed by atoms with E-state index >= 15 is 4.39 Å². The van der Waals surface area contributed by atoms with Crippen LogP contribution in [0.5, 0.6) is 5.75 Å². The summed E-state index contributed by atoms with van der Waals surface area (Å²) < 4.78 is 72.6. The molecule has 0 aliphatic carbocycles. The Morgan fingerprint density at radius 2 is 1.81 bits per heavy atom. The van der Waals surface area contributed by atoms with Gasteiger partial charge in [0.05, 0.1) is 29.7 Å². The molecule has 2 aliphatic rings. The van der Waals surface area contributed by atoms with E-state index in [1.807, 2.05) is 4.90 Å². The van der Waals surface area contributed by atoms with Crippen LogP contribution in [0, 0.1) is 17.6 Å². The van der Waals surface area contributed by atoms with E-state index in [-0.39, 0.29) is 65.0 Å². The van der Waals surface area contributed by atoms with E-state index in [1.165, 1.54) is 6.07 Å². The van der Waals surface area contributed by atoms with Crippen LogP contribution in [0.1, 0.15) is 36.7 Å². The summed E-state index contributed by atoms with van der Waals surface area (Å²) in [5.74, 6) is -5.61. The summed E-state index contributed by atoms with van der Waals surface area (Å²) in [6.07, 6.45) is -3.34. The van der Waals surface area contributed by atoms with Crippen molar-refractivity contribution in [2.75, 3.05) is 26.2 Å². The highest BCUT2D eigenvalue weighted by atomic mass is 19.4. The molecule has 0 bridgehead atoms. The van der Waals surface area contributed by atoms with E-state index in [2.05, 4.69) is 24.9 Å². The van der Waals surface area contributed by atoms with Crippen molar-refractivity contribution in [3.05, 3.63) is 52.9 Å². The van der Waals surface area contributed by atoms with Gasteiger partial charge >= 0.3 is 12.1 Å². The summed E-state index contributed by atoms with van der Waals surface area (Å²) >= 11 is 0. The zero-order valence-corrected chi connectivity index (χ0v) is 25.1. The molecule has 4 aromatic rings. The van der Waals surface area contributed by atoms with Gasteiger partial charge in [0, 0.05) is 24.6 Å². The molecule has 2 amide bonds. The number of nitrogens with zero attached hydrogens (tertiary/aromatic N) is 4. The SMILES string of the molecule is CCc1cc(OC(=O)C(F)(F)F)c(F)cc1-c1cc(F)c2c(-c3nc4c([nH]3)CCN(C(=O)CN3CCC(C(N)=O)CC3)C4)n[nH]c2c1. The molecule has 6 rings (SSSR count). The number of benzene rings is 2. The number of H-pyrrole nitrogens is 2. The molecule has 16 heteroatoms. The summed E-state index contributed by atoms with van der Waals surface area (Å²) in [5.41, 5.74) is 8.04. The second-order valence-electron chi connectivity index (χ2n) is 11.7. The first kappa shape index (κ1) is 32.1. The number of rotatable bonds is 7. The Morgan fingerprint density at radius 1 is 1.06 bits per heavy atom. The third kappa shape index (κ3) is 6.41. The molecule has 47 heavy (non-hydrogen) atoms. The molecule has 0 saturated carbocycles. The lowest BCUT2D eigenvalue weighted by molar-refractivity contribution is -0.189. The van der Waals surface area contributed by atoms with Crippen molar-refractivity contribution in [1.82, 2.24) is 30.0 Å². The number of primary amides is 1. The van der Waals surface area contributed by atoms with Crippen molar-refractivity contribution >= 4 is 28.7 Å². The predicted molar refractivity (Wildman–Crippen MR) is 158 cm³/mol. The standard InChI is InChI=1S/C31H30F5N7O4/c1-2-15-11-24(47-30(46)31(34,35)36)19(32)12-18(15)17-9-20(33)26-22(10-17)40-41-27(26)29-38-21-5-8-43(13-23(21)39-29)25(44)14-42-6-3-16(4-7-42)28(37)45/h9-12,16H,2-8,13-14H2,1H3,(H2,37,45)(H,38,39)(H,40,41). The zero-order chi connectivity index (χ0) is 33.6. The van der Waals surface area contributed by atoms with Crippen molar-refractivity contribution in [2.45, 2.75) is 45.3 Å². The number of carbonyl (C=O) groups is 3. The molecule has 1 saturated heterocycles. The molecule has 0 radical (unpaired) electrons. The van der Waals surface area contributed by atoms with Crippen LogP contribution in [0.25, 0.3) is 33.5 Å². The number of nitrogens with one attached hydrogen (secondary N) is 2. The summed E-state index contributed by atoms with van der Waals surface area (Å²) in [4.78, 5) is 47.3. The molecule has 4 N–H and O–H groups in total. The maximum Gasteiger partial charge on any atom is 0.491 e. The third-order valence-electron chi connectivity index (χ3n) is 8.66. The van der Waals surface area contributed by atoms with Crippen LogP contribution in [-0.4, -0.2) is 80.1 Å². The number of aromatic amines is 2. The number of hydrogen-bond donors (Lipinski definition) is 3. The number of fused-ring (bicyclic) bond motifs is 2. The van der Waals surface area contributed by atoms with E-state index in [0.29, 0.717) is 56.0 Å². The second kappa shape index (κ2) is 12.4. The van der Waals surface area contributed by atoms with Crippen molar-refractivity contribution in [2.24, 2.45) is 11.7 Å². The topological polar surface area (TPSA) is 150 Å². The number of halogens is 5. The van der Waals surface area contributed by atoms with E-state index in [4.69, 9.17) is 5.73 Å². The quantitative estimate of drug-likeness (QED) is 0.154. The average molecular weight is 660 g/mol. The first-order chi connectivity index (χ1) is 22.3. The normalized spacial score (nSPS) is 16.0. The molecule has 248 valence electrons. The molecule has 0 spiro atoms. The molecule has 2 aromatic carbocycles. The number of ether oxygens (including phenoxy) is 1. The number of piperidine rings is 1. The molecule has 4 heterocycles. The number of likely N-dealkylation sites (tertiary alicyclic amines) is 1. The third-order valence-corrected chi connectivity index (χ3v) is 8.66. The Balaban J connectivity index is 1.21. The van der Waals surface area contributed by atoms with Crippen molar-refractivity contribution in [3.63, 3.8) is 0 Å². The number of aryl methyl sites for hydroxylation is 1. The molecule has 2 aliphatic heterocycles. The smallest absolute Gasteiger partial charge is 0.417 e. The fourth-order valence-corrected chi connectivity index (χ4v) is 6.11. The monoisotopic (exact) mass is 659 g/mol. The molecule has 2 aromatic heterocycles. The van der Waals surface area contributed by atoms with Gasteiger partial charge in [0.2, 0.25) is 11.8 Å². The number of esters is 1. The van der Waals surface area contributed by atoms with Crippen LogP contribution in [0.4, 0.5) is 22.0 Å². The van der Waals surface area contributed by atoms with Crippen LogP contribution in [0.15, 0.2) is 24.3 Å². The summed E-state index contributed by atoms with van der Waals surface area (Å²) in [6.45, 7) is 3.84. The summed E-state index contributed by atoms with van der Waals surface area (Å²) in [5, 5.41) is 7.15. The molecule has 0 atom stereocenters. The fourth-order valence-electron chi connectivity index (χ4n) is 6.11. The Morgan fingerprint density at radius 3 is 2.49 bits per heavy atom. The Hall–Kier alpha value is -4.86. The number of imidazole rings is 1. The van der Waals surface area contributed by atoms with Gasteiger partial charge in [0.1, 0.15) is 11.5 Å². The minimum Gasteiger partial charge on any atom is -0.417 e. The highest BCUT2D eigenvalue weighted by molar-refractivity contribution is 5.95. The first-order valence-electron chi connectivity index (χ1n) is 15.0. The maximum absolute atomic E-state index is 15.7. The molecular weight excluding hydrogens is 629 g/mol. The molecular formula is C31H30F5N7O4. The van der Waals surface area contributed by atoms with E-state index in [9.17, 15) is 31.9 Å². The highest BCUT2D eigenvalue weighted by Gasteiger charge is 2.42. The van der Waals surface area contributed by atoms with E-state index < -0.39 is 29.5 Å². The van der Waals surface area contributed by atoms with Crippen molar-refractivity contribution in [3.8, 4) is 28.4 Å².